The number of carbonyl (C=O) groups is 1. The number of aryl methyl sites for hydroxylation is 1. The lowest BCUT2D eigenvalue weighted by Gasteiger charge is -2.40. The van der Waals surface area contributed by atoms with Crippen LogP contribution in [0.15, 0.2) is 65.8 Å². The lowest BCUT2D eigenvalue weighted by molar-refractivity contribution is -0.139. The van der Waals surface area contributed by atoms with Gasteiger partial charge in [-0.2, -0.15) is 13.2 Å². The maximum absolute atomic E-state index is 14.6. The van der Waals surface area contributed by atoms with Crippen molar-refractivity contribution >= 4 is 17.3 Å². The molecule has 0 atom stereocenters. The SMILES string of the molecule is C=C1NC2=C(C=C1C)N1CN(c3ccc(F)cc3CCCN2)c2cc(C(F)(F)F)c(F)cc2C1=O. The van der Waals surface area contributed by atoms with E-state index in [1.807, 2.05) is 0 Å². The lowest BCUT2D eigenvalue weighted by atomic mass is 10.00. The molecule has 0 radical (unpaired) electrons. The smallest absolute Gasteiger partial charge is 0.370 e. The molecule has 0 spiro atoms. The molecule has 3 heterocycles. The molecular formula is C25H21F5N4O. The van der Waals surface area contributed by atoms with E-state index in [1.165, 1.54) is 28.0 Å². The topological polar surface area (TPSA) is 47.6 Å². The molecular weight excluding hydrogens is 467 g/mol. The summed E-state index contributed by atoms with van der Waals surface area (Å²) >= 11 is 0. The highest BCUT2D eigenvalue weighted by atomic mass is 19.4. The minimum absolute atomic E-state index is 0.0870. The summed E-state index contributed by atoms with van der Waals surface area (Å²) in [7, 11) is 0. The van der Waals surface area contributed by atoms with Gasteiger partial charge in [-0.3, -0.25) is 9.69 Å². The van der Waals surface area contributed by atoms with E-state index in [2.05, 4.69) is 17.2 Å². The molecule has 10 heteroatoms. The maximum Gasteiger partial charge on any atom is 0.419 e. The zero-order valence-electron chi connectivity index (χ0n) is 18.7. The van der Waals surface area contributed by atoms with Crippen LogP contribution in [0.5, 0.6) is 0 Å². The van der Waals surface area contributed by atoms with E-state index >= 15 is 0 Å². The fraction of sp³-hybridized carbons (Fsp3) is 0.240. The van der Waals surface area contributed by atoms with E-state index in [-0.39, 0.29) is 17.9 Å². The number of nitrogens with zero attached hydrogens (tertiary/aromatic N) is 2. The average molecular weight is 488 g/mol. The monoisotopic (exact) mass is 488 g/mol. The van der Waals surface area contributed by atoms with Crippen LogP contribution in [-0.2, 0) is 12.6 Å². The summed E-state index contributed by atoms with van der Waals surface area (Å²) in [4.78, 5) is 16.4. The maximum atomic E-state index is 14.6. The predicted octanol–water partition coefficient (Wildman–Crippen LogP) is 5.30. The van der Waals surface area contributed by atoms with Crippen LogP contribution in [0.25, 0.3) is 0 Å². The standard InChI is InChI=1S/C25H21F5N4O/c1-13-8-22-23(32-14(13)2)31-7-3-4-15-9-16(26)5-6-20(15)33-12-34(22)24(35)17-10-19(27)18(11-21(17)33)25(28,29)30/h5-6,8-11,31-32H,2-4,7,12H2,1H3. The Bertz CT molecular complexity index is 1330. The Balaban J connectivity index is 1.77. The molecule has 1 amide bonds. The van der Waals surface area contributed by atoms with Crippen molar-refractivity contribution in [3.05, 3.63) is 94.1 Å². The van der Waals surface area contributed by atoms with Crippen LogP contribution in [0.3, 0.4) is 0 Å². The Kier molecular flexibility index (Phi) is 5.34. The number of allylic oxidation sites excluding steroid dienone is 2. The molecule has 3 aliphatic rings. The van der Waals surface area contributed by atoms with Gasteiger partial charge in [-0.1, -0.05) is 6.58 Å². The second-order valence-corrected chi connectivity index (χ2v) is 8.64. The lowest BCUT2D eigenvalue weighted by Crippen LogP contribution is -2.47. The summed E-state index contributed by atoms with van der Waals surface area (Å²) in [6.07, 6.45) is -2.21. The Morgan fingerprint density at radius 2 is 1.83 bits per heavy atom. The molecule has 0 aliphatic carbocycles. The number of halogens is 5. The van der Waals surface area contributed by atoms with Gasteiger partial charge in [-0.15, -0.1) is 0 Å². The molecule has 5 rings (SSSR count). The molecule has 0 saturated carbocycles. The van der Waals surface area contributed by atoms with Gasteiger partial charge in [-0.25, -0.2) is 8.78 Å². The molecule has 0 unspecified atom stereocenters. The van der Waals surface area contributed by atoms with Crippen molar-refractivity contribution in [2.75, 3.05) is 18.1 Å². The second-order valence-electron chi connectivity index (χ2n) is 8.64. The molecule has 0 aromatic heterocycles. The van der Waals surface area contributed by atoms with Crippen molar-refractivity contribution in [2.24, 2.45) is 0 Å². The first-order valence-corrected chi connectivity index (χ1v) is 11.0. The van der Waals surface area contributed by atoms with Gasteiger partial charge < -0.3 is 15.5 Å². The van der Waals surface area contributed by atoms with Gasteiger partial charge in [0.05, 0.1) is 22.5 Å². The van der Waals surface area contributed by atoms with Crippen molar-refractivity contribution in [3.63, 3.8) is 0 Å². The summed E-state index contributed by atoms with van der Waals surface area (Å²) in [6, 6.07) is 5.30. The highest BCUT2D eigenvalue weighted by Crippen LogP contribution is 2.42. The van der Waals surface area contributed by atoms with E-state index < -0.39 is 29.3 Å². The van der Waals surface area contributed by atoms with Crippen LogP contribution in [0, 0.1) is 11.6 Å². The number of amides is 1. The largest absolute Gasteiger partial charge is 0.419 e. The highest BCUT2D eigenvalue weighted by molar-refractivity contribution is 6.04. The first-order valence-electron chi connectivity index (χ1n) is 11.0. The predicted molar refractivity (Wildman–Crippen MR) is 120 cm³/mol. The first-order chi connectivity index (χ1) is 16.5. The molecule has 3 aliphatic heterocycles. The van der Waals surface area contributed by atoms with Gasteiger partial charge in [0, 0.05) is 17.9 Å². The number of hydrogen-bond donors (Lipinski definition) is 2. The van der Waals surface area contributed by atoms with Gasteiger partial charge in [0.25, 0.3) is 5.91 Å². The Morgan fingerprint density at radius 3 is 2.57 bits per heavy atom. The van der Waals surface area contributed by atoms with Crippen molar-refractivity contribution in [3.8, 4) is 0 Å². The number of anilines is 2. The van der Waals surface area contributed by atoms with Crippen molar-refractivity contribution in [1.29, 1.82) is 0 Å². The second kappa shape index (κ2) is 8.14. The molecule has 182 valence electrons. The molecule has 0 saturated heterocycles. The quantitative estimate of drug-likeness (QED) is 0.494. The summed E-state index contributed by atoms with van der Waals surface area (Å²) in [5.41, 5.74) is 1.06. The summed E-state index contributed by atoms with van der Waals surface area (Å²) in [6.45, 7) is 6.08. The zero-order valence-corrected chi connectivity index (χ0v) is 18.7. The fourth-order valence-electron chi connectivity index (χ4n) is 4.53. The number of dihydropyridines is 1. The van der Waals surface area contributed by atoms with Gasteiger partial charge in [0.1, 0.15) is 24.1 Å². The van der Waals surface area contributed by atoms with Crippen molar-refractivity contribution in [1.82, 2.24) is 15.5 Å². The third-order valence-electron chi connectivity index (χ3n) is 6.35. The van der Waals surface area contributed by atoms with Crippen molar-refractivity contribution < 1.29 is 26.7 Å². The number of rotatable bonds is 0. The van der Waals surface area contributed by atoms with E-state index in [0.717, 1.165) is 5.57 Å². The molecule has 5 nitrogen and oxygen atoms in total. The third-order valence-corrected chi connectivity index (χ3v) is 6.35. The molecule has 2 aromatic carbocycles. The van der Waals surface area contributed by atoms with E-state index in [4.69, 9.17) is 0 Å². The normalized spacial score (nSPS) is 18.1. The number of hydrogen-bond acceptors (Lipinski definition) is 4. The van der Waals surface area contributed by atoms with Gasteiger partial charge in [0.2, 0.25) is 0 Å². The Morgan fingerprint density at radius 1 is 1.06 bits per heavy atom. The first kappa shape index (κ1) is 22.9. The summed E-state index contributed by atoms with van der Waals surface area (Å²) in [5.74, 6) is -2.17. The van der Waals surface area contributed by atoms with Gasteiger partial charge in [0.15, 0.2) is 0 Å². The van der Waals surface area contributed by atoms with E-state index in [1.54, 1.807) is 13.0 Å². The third kappa shape index (κ3) is 3.92. The van der Waals surface area contributed by atoms with Crippen molar-refractivity contribution in [2.45, 2.75) is 25.9 Å². The van der Waals surface area contributed by atoms with Crippen LogP contribution in [0.4, 0.5) is 33.3 Å². The van der Waals surface area contributed by atoms with Gasteiger partial charge >= 0.3 is 6.18 Å². The minimum atomic E-state index is -4.95. The fourth-order valence-corrected chi connectivity index (χ4v) is 4.53. The van der Waals surface area contributed by atoms with Crippen LogP contribution >= 0.6 is 0 Å². The number of fused-ring (bicyclic) bond motifs is 7. The van der Waals surface area contributed by atoms with Crippen LogP contribution in [0.1, 0.15) is 34.8 Å². The Hall–Kier alpha value is -3.82. The highest BCUT2D eigenvalue weighted by Gasteiger charge is 2.40. The average Bonchev–Trinajstić information content (AvgIpc) is 2.80. The van der Waals surface area contributed by atoms with Crippen LogP contribution in [0.2, 0.25) is 0 Å². The number of nitrogens with one attached hydrogen (secondary N) is 2. The number of carbonyl (C=O) groups excluding carboxylic acids is 1. The molecule has 0 fully saturated rings. The van der Waals surface area contributed by atoms with E-state index in [9.17, 15) is 26.7 Å². The molecule has 35 heavy (non-hydrogen) atoms. The minimum Gasteiger partial charge on any atom is -0.370 e. The molecule has 2 bridgehead atoms. The number of benzene rings is 2. The van der Waals surface area contributed by atoms with Gasteiger partial charge in [-0.05, 0) is 67.3 Å². The van der Waals surface area contributed by atoms with E-state index in [0.29, 0.717) is 60.0 Å². The number of alkyl halides is 3. The van der Waals surface area contributed by atoms with Crippen LogP contribution < -0.4 is 15.5 Å². The summed E-state index contributed by atoms with van der Waals surface area (Å²) < 4.78 is 69.4. The molecule has 2 N–H and O–H groups in total. The Labute approximate surface area is 198 Å². The molecule has 2 aromatic rings. The van der Waals surface area contributed by atoms with Crippen LogP contribution in [-0.4, -0.2) is 24.0 Å². The zero-order chi connectivity index (χ0) is 25.1. The summed E-state index contributed by atoms with van der Waals surface area (Å²) in [5, 5.41) is 6.37.